The van der Waals surface area contributed by atoms with Crippen molar-refractivity contribution in [2.75, 3.05) is 6.61 Å². The van der Waals surface area contributed by atoms with E-state index in [0.717, 1.165) is 12.0 Å². The van der Waals surface area contributed by atoms with Crippen LogP contribution in [0.1, 0.15) is 66.2 Å². The van der Waals surface area contributed by atoms with E-state index in [4.69, 9.17) is 9.47 Å². The summed E-state index contributed by atoms with van der Waals surface area (Å²) in [7, 11) is 0. The first-order valence-corrected chi connectivity index (χ1v) is 8.37. The molecule has 0 aliphatic rings. The fourth-order valence-corrected chi connectivity index (χ4v) is 1.81. The van der Waals surface area contributed by atoms with Crippen LogP contribution in [0.5, 0.6) is 0 Å². The molecule has 1 atom stereocenters. The van der Waals surface area contributed by atoms with Crippen molar-refractivity contribution in [1.29, 1.82) is 0 Å². The second kappa shape index (κ2) is 12.8. The molecule has 0 aliphatic heterocycles. The van der Waals surface area contributed by atoms with Gasteiger partial charge in [0.2, 0.25) is 0 Å². The van der Waals surface area contributed by atoms with Gasteiger partial charge in [0.1, 0.15) is 0 Å². The van der Waals surface area contributed by atoms with Crippen molar-refractivity contribution >= 4 is 11.9 Å². The third-order valence-electron chi connectivity index (χ3n) is 2.88. The summed E-state index contributed by atoms with van der Waals surface area (Å²) in [6.07, 6.45) is 3.01. The molecule has 0 N–H and O–H groups in total. The molecule has 4 nitrogen and oxygen atoms in total. The van der Waals surface area contributed by atoms with Crippen molar-refractivity contribution in [2.24, 2.45) is 5.92 Å². The summed E-state index contributed by atoms with van der Waals surface area (Å²) in [5.74, 6) is 5.74. The Balaban J connectivity index is 4.11. The van der Waals surface area contributed by atoms with Crippen molar-refractivity contribution in [1.82, 2.24) is 0 Å². The van der Waals surface area contributed by atoms with Gasteiger partial charge >= 0.3 is 11.9 Å². The minimum Gasteiger partial charge on any atom is -0.466 e. The first-order chi connectivity index (χ1) is 10.8. The minimum absolute atomic E-state index is 0.203. The fourth-order valence-electron chi connectivity index (χ4n) is 1.81. The summed E-state index contributed by atoms with van der Waals surface area (Å²) in [5.41, 5.74) is 0.750. The van der Waals surface area contributed by atoms with Crippen LogP contribution in [0, 0.1) is 17.8 Å². The Morgan fingerprint density at radius 1 is 1.13 bits per heavy atom. The first kappa shape index (κ1) is 21.2. The topological polar surface area (TPSA) is 52.6 Å². The average Bonchev–Trinajstić information content (AvgIpc) is 2.46. The van der Waals surface area contributed by atoms with Gasteiger partial charge in [0, 0.05) is 12.8 Å². The molecule has 0 heterocycles. The molecule has 0 rings (SSSR count). The normalized spacial score (nSPS) is 11.3. The van der Waals surface area contributed by atoms with E-state index in [-0.39, 0.29) is 11.9 Å². The van der Waals surface area contributed by atoms with Gasteiger partial charge in [-0.25, -0.2) is 0 Å². The number of hydrogen-bond donors (Lipinski definition) is 0. The lowest BCUT2D eigenvalue weighted by atomic mass is 10.1. The maximum absolute atomic E-state index is 11.9. The highest BCUT2D eigenvalue weighted by atomic mass is 16.5. The van der Waals surface area contributed by atoms with Crippen LogP contribution in [-0.4, -0.2) is 24.6 Å². The Morgan fingerprint density at radius 3 is 2.26 bits per heavy atom. The summed E-state index contributed by atoms with van der Waals surface area (Å²) in [6, 6.07) is 0. The van der Waals surface area contributed by atoms with E-state index in [9.17, 15) is 9.59 Å². The van der Waals surface area contributed by atoms with Crippen LogP contribution in [0.4, 0.5) is 0 Å². The van der Waals surface area contributed by atoms with Gasteiger partial charge in [-0.1, -0.05) is 39.2 Å². The van der Waals surface area contributed by atoms with Gasteiger partial charge in [0.25, 0.3) is 0 Å². The third-order valence-corrected chi connectivity index (χ3v) is 2.88. The molecule has 0 spiro atoms. The molecule has 0 fully saturated rings. The zero-order valence-electron chi connectivity index (χ0n) is 14.9. The van der Waals surface area contributed by atoms with E-state index >= 15 is 0 Å². The molecule has 0 aromatic carbocycles. The molecule has 4 heteroatoms. The van der Waals surface area contributed by atoms with Crippen molar-refractivity contribution in [3.8, 4) is 11.8 Å². The van der Waals surface area contributed by atoms with Gasteiger partial charge in [0.05, 0.1) is 6.61 Å². The second-order valence-electron chi connectivity index (χ2n) is 6.09. The quantitative estimate of drug-likeness (QED) is 0.346. The molecular weight excluding hydrogens is 292 g/mol. The zero-order chi connectivity index (χ0) is 17.7. The predicted octanol–water partition coefficient (Wildman–Crippen LogP) is 4.04. The Hall–Kier alpha value is -1.76. The first-order valence-electron chi connectivity index (χ1n) is 8.37. The number of hydrogen-bond acceptors (Lipinski definition) is 4. The van der Waals surface area contributed by atoms with Crippen LogP contribution in [0.25, 0.3) is 0 Å². The zero-order valence-corrected chi connectivity index (χ0v) is 14.9. The molecule has 0 saturated carbocycles. The van der Waals surface area contributed by atoms with Crippen LogP contribution in [-0.2, 0) is 19.1 Å². The molecule has 0 aromatic heterocycles. The van der Waals surface area contributed by atoms with E-state index in [1.165, 1.54) is 0 Å². The number of rotatable bonds is 10. The van der Waals surface area contributed by atoms with Crippen molar-refractivity contribution in [2.45, 2.75) is 72.3 Å². The van der Waals surface area contributed by atoms with Crippen LogP contribution in [0.3, 0.4) is 0 Å². The van der Waals surface area contributed by atoms with Crippen molar-refractivity contribution in [3.05, 3.63) is 12.2 Å². The molecule has 0 amide bonds. The number of ether oxygens (including phenoxy) is 2. The molecule has 23 heavy (non-hydrogen) atoms. The molecule has 0 radical (unpaired) electrons. The lowest BCUT2D eigenvalue weighted by Crippen LogP contribution is -2.18. The highest BCUT2D eigenvalue weighted by Crippen LogP contribution is 2.11. The molecular formula is C19H30O4. The third kappa shape index (κ3) is 13.6. The van der Waals surface area contributed by atoms with Crippen molar-refractivity contribution in [3.63, 3.8) is 0 Å². The number of esters is 2. The highest BCUT2D eigenvalue weighted by Gasteiger charge is 2.14. The van der Waals surface area contributed by atoms with Gasteiger partial charge in [-0.05, 0) is 44.1 Å². The second-order valence-corrected chi connectivity index (χ2v) is 6.09. The molecule has 0 aliphatic carbocycles. The largest absolute Gasteiger partial charge is 0.466 e. The summed E-state index contributed by atoms with van der Waals surface area (Å²) < 4.78 is 10.4. The lowest BCUT2D eigenvalue weighted by Gasteiger charge is -2.14. The van der Waals surface area contributed by atoms with Gasteiger partial charge in [-0.2, -0.15) is 0 Å². The fraction of sp³-hybridized carbons (Fsp3) is 0.684. The van der Waals surface area contributed by atoms with E-state index in [2.05, 4.69) is 32.3 Å². The Labute approximate surface area is 140 Å². The summed E-state index contributed by atoms with van der Waals surface area (Å²) >= 11 is 0. The summed E-state index contributed by atoms with van der Waals surface area (Å²) in [5, 5.41) is 0. The molecule has 0 saturated heterocycles. The van der Waals surface area contributed by atoms with Gasteiger partial charge in [-0.15, -0.1) is 0 Å². The van der Waals surface area contributed by atoms with Gasteiger partial charge in [0.15, 0.2) is 6.10 Å². The summed E-state index contributed by atoms with van der Waals surface area (Å²) in [6.45, 7) is 12.1. The molecule has 1 unspecified atom stereocenters. The average molecular weight is 322 g/mol. The van der Waals surface area contributed by atoms with E-state index in [1.54, 1.807) is 0 Å². The number of carbonyl (C=O) groups is 2. The highest BCUT2D eigenvalue weighted by molar-refractivity contribution is 5.70. The Morgan fingerprint density at radius 2 is 1.74 bits per heavy atom. The lowest BCUT2D eigenvalue weighted by molar-refractivity contribution is -0.148. The van der Waals surface area contributed by atoms with E-state index in [1.807, 2.05) is 13.8 Å². The van der Waals surface area contributed by atoms with Crippen LogP contribution < -0.4 is 0 Å². The van der Waals surface area contributed by atoms with E-state index in [0.29, 0.717) is 44.6 Å². The maximum atomic E-state index is 11.9. The smallest absolute Gasteiger partial charge is 0.307 e. The van der Waals surface area contributed by atoms with Gasteiger partial charge in [-0.3, -0.25) is 9.59 Å². The van der Waals surface area contributed by atoms with Crippen LogP contribution in [0.2, 0.25) is 0 Å². The number of allylic oxidation sites excluding steroid dienone is 1. The van der Waals surface area contributed by atoms with Gasteiger partial charge < -0.3 is 9.47 Å². The summed E-state index contributed by atoms with van der Waals surface area (Å²) in [4.78, 5) is 23.2. The predicted molar refractivity (Wildman–Crippen MR) is 91.6 cm³/mol. The Kier molecular flexibility index (Phi) is 11.8. The molecule has 0 bridgehead atoms. The standard InChI is InChI=1S/C19H30O4/c1-6-13-22-18(20)9-7-8-10-19(21)23-17(14-16(4)5)12-11-15(2)3/h16-17H,2,6-10,13-14H2,1,3-5H3. The molecule has 0 aromatic rings. The molecule has 130 valence electrons. The Bertz CT molecular complexity index is 440. The van der Waals surface area contributed by atoms with Crippen LogP contribution >= 0.6 is 0 Å². The number of carbonyl (C=O) groups excluding carboxylic acids is 2. The minimum atomic E-state index is -0.395. The maximum Gasteiger partial charge on any atom is 0.307 e. The van der Waals surface area contributed by atoms with Crippen molar-refractivity contribution < 1.29 is 19.1 Å². The van der Waals surface area contributed by atoms with E-state index < -0.39 is 6.10 Å². The SMILES string of the molecule is C=C(C)C#CC(CC(C)C)OC(=O)CCCCC(=O)OCCC. The number of unbranched alkanes of at least 4 members (excludes halogenated alkanes) is 1. The van der Waals surface area contributed by atoms with Crippen LogP contribution in [0.15, 0.2) is 12.2 Å². The monoisotopic (exact) mass is 322 g/mol.